The lowest BCUT2D eigenvalue weighted by Gasteiger charge is -2.19. The summed E-state index contributed by atoms with van der Waals surface area (Å²) in [5, 5.41) is 17.7. The van der Waals surface area contributed by atoms with Crippen molar-refractivity contribution >= 4 is 12.0 Å². The summed E-state index contributed by atoms with van der Waals surface area (Å²) in [4.78, 5) is 23.9. The molecule has 0 aromatic heterocycles. The molecule has 7 heteroatoms. The maximum atomic E-state index is 12.7. The van der Waals surface area contributed by atoms with Crippen LogP contribution in [0.1, 0.15) is 24.1 Å². The summed E-state index contributed by atoms with van der Waals surface area (Å²) in [5.74, 6) is -0.490. The SMILES string of the molecule is CCOC(=O)NCCN/C=C(/C#N)C(=O)NC(c1ccccc1)c1ccccc1. The Hall–Kier alpha value is -3.79. The van der Waals surface area contributed by atoms with Gasteiger partial charge in [-0.25, -0.2) is 4.79 Å². The maximum absolute atomic E-state index is 12.7. The lowest BCUT2D eigenvalue weighted by atomic mass is 9.98. The van der Waals surface area contributed by atoms with E-state index in [1.54, 1.807) is 6.92 Å². The van der Waals surface area contributed by atoms with E-state index in [2.05, 4.69) is 16.0 Å². The van der Waals surface area contributed by atoms with Crippen LogP contribution in [0.25, 0.3) is 0 Å². The predicted octanol–water partition coefficient (Wildman–Crippen LogP) is 2.64. The monoisotopic (exact) mass is 392 g/mol. The zero-order chi connectivity index (χ0) is 20.9. The van der Waals surface area contributed by atoms with Crippen LogP contribution in [0.4, 0.5) is 4.79 Å². The minimum Gasteiger partial charge on any atom is -0.450 e. The summed E-state index contributed by atoms with van der Waals surface area (Å²) in [7, 11) is 0. The topological polar surface area (TPSA) is 103 Å². The van der Waals surface area contributed by atoms with Gasteiger partial charge in [0.1, 0.15) is 11.6 Å². The highest BCUT2D eigenvalue weighted by Gasteiger charge is 2.19. The van der Waals surface area contributed by atoms with Gasteiger partial charge in [0.05, 0.1) is 12.6 Å². The van der Waals surface area contributed by atoms with Crippen molar-refractivity contribution in [3.05, 3.63) is 83.6 Å². The average molecular weight is 392 g/mol. The van der Waals surface area contributed by atoms with Gasteiger partial charge in [-0.3, -0.25) is 4.79 Å². The number of nitrogens with one attached hydrogen (secondary N) is 3. The van der Waals surface area contributed by atoms with Gasteiger partial charge in [0.2, 0.25) is 0 Å². The molecule has 150 valence electrons. The summed E-state index contributed by atoms with van der Waals surface area (Å²) in [5.41, 5.74) is 1.77. The second kappa shape index (κ2) is 11.8. The highest BCUT2D eigenvalue weighted by molar-refractivity contribution is 5.97. The standard InChI is InChI=1S/C22H24N4O3/c1-2-29-22(28)25-14-13-24-16-19(15-23)21(27)26-20(17-9-5-3-6-10-17)18-11-7-4-8-12-18/h3-12,16,20,24H,2,13-14H2,1H3,(H,25,28)(H,26,27)/b19-16-. The number of hydrogen-bond acceptors (Lipinski definition) is 5. The first kappa shape index (κ1) is 21.5. The molecule has 0 spiro atoms. The second-order valence-electron chi connectivity index (χ2n) is 6.00. The van der Waals surface area contributed by atoms with E-state index in [0.717, 1.165) is 11.1 Å². The van der Waals surface area contributed by atoms with Crippen molar-refractivity contribution in [2.45, 2.75) is 13.0 Å². The first-order valence-corrected chi connectivity index (χ1v) is 9.30. The normalized spacial score (nSPS) is 10.7. The fourth-order valence-corrected chi connectivity index (χ4v) is 2.60. The van der Waals surface area contributed by atoms with Crippen molar-refractivity contribution in [1.29, 1.82) is 5.26 Å². The number of carbonyl (C=O) groups is 2. The zero-order valence-electron chi connectivity index (χ0n) is 16.2. The Morgan fingerprint density at radius 3 is 2.14 bits per heavy atom. The van der Waals surface area contributed by atoms with Crippen molar-refractivity contribution in [2.24, 2.45) is 0 Å². The molecule has 0 unspecified atom stereocenters. The van der Waals surface area contributed by atoms with Gasteiger partial charge in [-0.1, -0.05) is 60.7 Å². The Labute approximate surface area is 170 Å². The first-order chi connectivity index (χ1) is 14.2. The van der Waals surface area contributed by atoms with E-state index < -0.39 is 12.0 Å². The van der Waals surface area contributed by atoms with Gasteiger partial charge in [0.15, 0.2) is 0 Å². The highest BCUT2D eigenvalue weighted by Crippen LogP contribution is 2.22. The van der Waals surface area contributed by atoms with Gasteiger partial charge in [0.25, 0.3) is 5.91 Å². The molecule has 3 N–H and O–H groups in total. The largest absolute Gasteiger partial charge is 0.450 e. The molecule has 0 heterocycles. The molecule has 2 amide bonds. The van der Waals surface area contributed by atoms with E-state index >= 15 is 0 Å². The molecular weight excluding hydrogens is 368 g/mol. The molecule has 0 aliphatic rings. The van der Waals surface area contributed by atoms with Crippen LogP contribution in [0.2, 0.25) is 0 Å². The fourth-order valence-electron chi connectivity index (χ4n) is 2.60. The summed E-state index contributed by atoms with van der Waals surface area (Å²) < 4.78 is 4.75. The van der Waals surface area contributed by atoms with E-state index in [1.807, 2.05) is 66.7 Å². The molecule has 0 atom stereocenters. The van der Waals surface area contributed by atoms with Crippen LogP contribution < -0.4 is 16.0 Å². The molecule has 7 nitrogen and oxygen atoms in total. The Bertz CT molecular complexity index is 821. The quantitative estimate of drug-likeness (QED) is 0.346. The van der Waals surface area contributed by atoms with Gasteiger partial charge >= 0.3 is 6.09 Å². The van der Waals surface area contributed by atoms with Crippen molar-refractivity contribution in [3.63, 3.8) is 0 Å². The average Bonchev–Trinajstić information content (AvgIpc) is 2.76. The molecule has 0 radical (unpaired) electrons. The number of rotatable bonds is 9. The van der Waals surface area contributed by atoms with Gasteiger partial charge in [0, 0.05) is 19.3 Å². The van der Waals surface area contributed by atoms with Crippen LogP contribution in [0.5, 0.6) is 0 Å². The van der Waals surface area contributed by atoms with E-state index in [9.17, 15) is 14.9 Å². The lowest BCUT2D eigenvalue weighted by molar-refractivity contribution is -0.117. The molecule has 2 rings (SSSR count). The van der Waals surface area contributed by atoms with Crippen LogP contribution in [0.15, 0.2) is 72.4 Å². The Morgan fingerprint density at radius 2 is 1.62 bits per heavy atom. The summed E-state index contributed by atoms with van der Waals surface area (Å²) in [6.07, 6.45) is 0.833. The van der Waals surface area contributed by atoms with Crippen LogP contribution >= 0.6 is 0 Å². The molecular formula is C22H24N4O3. The second-order valence-corrected chi connectivity index (χ2v) is 6.00. The van der Waals surface area contributed by atoms with Gasteiger partial charge in [-0.2, -0.15) is 5.26 Å². The van der Waals surface area contributed by atoms with Crippen molar-refractivity contribution in [1.82, 2.24) is 16.0 Å². The minimum absolute atomic E-state index is 0.0574. The smallest absolute Gasteiger partial charge is 0.407 e. The Kier molecular flexibility index (Phi) is 8.77. The third-order valence-corrected chi connectivity index (χ3v) is 3.97. The number of nitriles is 1. The number of hydrogen-bond donors (Lipinski definition) is 3. The number of alkyl carbamates (subject to hydrolysis) is 1. The van der Waals surface area contributed by atoms with E-state index in [4.69, 9.17) is 4.74 Å². The molecule has 0 bridgehead atoms. The van der Waals surface area contributed by atoms with Crippen LogP contribution in [0.3, 0.4) is 0 Å². The highest BCUT2D eigenvalue weighted by atomic mass is 16.5. The zero-order valence-corrected chi connectivity index (χ0v) is 16.2. The molecule has 2 aromatic rings. The van der Waals surface area contributed by atoms with E-state index in [0.29, 0.717) is 19.7 Å². The number of ether oxygens (including phenoxy) is 1. The number of benzene rings is 2. The Balaban J connectivity index is 2.01. The summed E-state index contributed by atoms with van der Waals surface area (Å²) in [6.45, 7) is 2.66. The fraction of sp³-hybridized carbons (Fsp3) is 0.227. The molecule has 0 saturated carbocycles. The predicted molar refractivity (Wildman–Crippen MR) is 110 cm³/mol. The van der Waals surface area contributed by atoms with Crippen LogP contribution in [-0.2, 0) is 9.53 Å². The molecule has 2 aromatic carbocycles. The summed E-state index contributed by atoms with van der Waals surface area (Å²) >= 11 is 0. The molecule has 0 saturated heterocycles. The van der Waals surface area contributed by atoms with E-state index in [1.165, 1.54) is 6.20 Å². The first-order valence-electron chi connectivity index (χ1n) is 9.30. The molecule has 0 aliphatic carbocycles. The van der Waals surface area contributed by atoms with Crippen LogP contribution in [0, 0.1) is 11.3 Å². The number of nitrogens with zero attached hydrogens (tertiary/aromatic N) is 1. The number of carbonyl (C=O) groups excluding carboxylic acids is 2. The van der Waals surface area contributed by atoms with Crippen molar-refractivity contribution in [3.8, 4) is 6.07 Å². The van der Waals surface area contributed by atoms with Crippen molar-refractivity contribution < 1.29 is 14.3 Å². The number of amides is 2. The van der Waals surface area contributed by atoms with Gasteiger partial charge in [-0.05, 0) is 18.1 Å². The van der Waals surface area contributed by atoms with Gasteiger partial charge < -0.3 is 20.7 Å². The van der Waals surface area contributed by atoms with Gasteiger partial charge in [-0.15, -0.1) is 0 Å². The lowest BCUT2D eigenvalue weighted by Crippen LogP contribution is -2.32. The third-order valence-electron chi connectivity index (χ3n) is 3.97. The minimum atomic E-state index is -0.509. The van der Waals surface area contributed by atoms with Crippen LogP contribution in [-0.4, -0.2) is 31.7 Å². The molecule has 29 heavy (non-hydrogen) atoms. The molecule has 0 aliphatic heterocycles. The van der Waals surface area contributed by atoms with E-state index in [-0.39, 0.29) is 11.6 Å². The third kappa shape index (κ3) is 7.03. The molecule has 0 fully saturated rings. The Morgan fingerprint density at radius 1 is 1.03 bits per heavy atom. The van der Waals surface area contributed by atoms with Crippen molar-refractivity contribution in [2.75, 3.05) is 19.7 Å². The summed E-state index contributed by atoms with van der Waals surface area (Å²) in [6, 6.07) is 20.6. The maximum Gasteiger partial charge on any atom is 0.407 e.